The van der Waals surface area contributed by atoms with Crippen LogP contribution in [0.3, 0.4) is 0 Å². The van der Waals surface area contributed by atoms with Gasteiger partial charge in [-0.1, -0.05) is 30.3 Å². The fourth-order valence-electron chi connectivity index (χ4n) is 1.07. The summed E-state index contributed by atoms with van der Waals surface area (Å²) in [5.74, 6) is -2.44. The first kappa shape index (κ1) is 12.7. The van der Waals surface area contributed by atoms with E-state index >= 15 is 0 Å². The zero-order chi connectivity index (χ0) is 12.7. The Kier molecular flexibility index (Phi) is 4.68. The highest BCUT2D eigenvalue weighted by Crippen LogP contribution is 1.97. The van der Waals surface area contributed by atoms with E-state index in [1.807, 2.05) is 6.07 Å². The second-order valence-electron chi connectivity index (χ2n) is 3.17. The highest BCUT2D eigenvalue weighted by Gasteiger charge is 2.13. The van der Waals surface area contributed by atoms with Gasteiger partial charge in [-0.05, 0) is 5.56 Å². The van der Waals surface area contributed by atoms with Gasteiger partial charge in [-0.2, -0.15) is 0 Å². The summed E-state index contributed by atoms with van der Waals surface area (Å²) in [6.45, 7) is 0.208. The summed E-state index contributed by atoms with van der Waals surface area (Å²) in [4.78, 5) is 32.0. The van der Waals surface area contributed by atoms with Crippen LogP contribution < -0.4 is 5.32 Å². The highest BCUT2D eigenvalue weighted by molar-refractivity contribution is 5.95. The van der Waals surface area contributed by atoms with Crippen LogP contribution in [0, 0.1) is 0 Å². The van der Waals surface area contributed by atoms with Crippen molar-refractivity contribution >= 4 is 18.0 Å². The number of carboxylic acid groups (broad SMARTS) is 1. The van der Waals surface area contributed by atoms with Gasteiger partial charge in [0.15, 0.2) is 0 Å². The van der Waals surface area contributed by atoms with E-state index in [1.54, 1.807) is 24.3 Å². The summed E-state index contributed by atoms with van der Waals surface area (Å²) < 4.78 is 4.21. The molecule has 0 bridgehead atoms. The number of hydrogen-bond acceptors (Lipinski definition) is 4. The molecule has 0 spiro atoms. The predicted octanol–water partition coefficient (Wildman–Crippen LogP) is 0.914. The van der Waals surface area contributed by atoms with E-state index < -0.39 is 24.5 Å². The number of benzene rings is 1. The number of alkyl carbamates (subject to hydrolysis) is 1. The maximum Gasteiger partial charge on any atom is 0.415 e. The third kappa shape index (κ3) is 5.31. The zero-order valence-corrected chi connectivity index (χ0v) is 8.88. The maximum absolute atomic E-state index is 11.1. The van der Waals surface area contributed by atoms with Crippen molar-refractivity contribution < 1.29 is 24.2 Å². The fourth-order valence-corrected chi connectivity index (χ4v) is 1.07. The largest absolute Gasteiger partial charge is 0.481 e. The van der Waals surface area contributed by atoms with E-state index in [0.29, 0.717) is 0 Å². The Morgan fingerprint density at radius 3 is 2.41 bits per heavy atom. The molecule has 0 radical (unpaired) electrons. The van der Waals surface area contributed by atoms with E-state index in [2.05, 4.69) is 10.1 Å². The molecule has 0 unspecified atom stereocenters. The average molecular weight is 237 g/mol. The maximum atomic E-state index is 11.1. The van der Waals surface area contributed by atoms with Crippen LogP contribution in [0.5, 0.6) is 0 Å². The lowest BCUT2D eigenvalue weighted by Crippen LogP contribution is -2.27. The summed E-state index contributed by atoms with van der Waals surface area (Å²) in [7, 11) is 0. The first-order valence-electron chi connectivity index (χ1n) is 4.82. The molecule has 0 aliphatic rings. The number of esters is 1. The summed E-state index contributed by atoms with van der Waals surface area (Å²) in [5, 5.41) is 10.6. The molecule has 1 rings (SSSR count). The van der Waals surface area contributed by atoms with Gasteiger partial charge in [0.1, 0.15) is 6.42 Å². The Morgan fingerprint density at radius 1 is 1.18 bits per heavy atom. The molecular formula is C11H11NO5. The molecule has 0 saturated heterocycles. The van der Waals surface area contributed by atoms with Crippen molar-refractivity contribution in [2.45, 2.75) is 13.0 Å². The smallest absolute Gasteiger partial charge is 0.415 e. The van der Waals surface area contributed by atoms with Crippen LogP contribution in [-0.4, -0.2) is 23.1 Å². The van der Waals surface area contributed by atoms with Gasteiger partial charge in [0.05, 0.1) is 0 Å². The second-order valence-corrected chi connectivity index (χ2v) is 3.17. The molecule has 0 aliphatic carbocycles. The molecule has 0 aromatic heterocycles. The van der Waals surface area contributed by atoms with Crippen LogP contribution in [-0.2, 0) is 20.9 Å². The van der Waals surface area contributed by atoms with Crippen LogP contribution in [0.25, 0.3) is 0 Å². The van der Waals surface area contributed by atoms with Gasteiger partial charge in [-0.25, -0.2) is 4.79 Å². The molecule has 6 heteroatoms. The Bertz CT molecular complexity index is 415. The van der Waals surface area contributed by atoms with Crippen LogP contribution in [0.4, 0.5) is 4.79 Å². The van der Waals surface area contributed by atoms with Crippen LogP contribution in [0.1, 0.15) is 12.0 Å². The van der Waals surface area contributed by atoms with Crippen molar-refractivity contribution in [3.05, 3.63) is 35.9 Å². The molecule has 2 N–H and O–H groups in total. The van der Waals surface area contributed by atoms with Gasteiger partial charge in [-0.15, -0.1) is 0 Å². The summed E-state index contributed by atoms with van der Waals surface area (Å²) in [6, 6.07) is 9.02. The van der Waals surface area contributed by atoms with Gasteiger partial charge in [0, 0.05) is 6.54 Å². The van der Waals surface area contributed by atoms with Crippen molar-refractivity contribution in [3.63, 3.8) is 0 Å². The van der Waals surface area contributed by atoms with Gasteiger partial charge < -0.3 is 15.2 Å². The molecule has 0 saturated carbocycles. The molecule has 0 aliphatic heterocycles. The summed E-state index contributed by atoms with van der Waals surface area (Å²) in [6.07, 6.45) is -1.79. The number of carboxylic acids is 1. The van der Waals surface area contributed by atoms with Gasteiger partial charge in [0.2, 0.25) is 0 Å². The van der Waals surface area contributed by atoms with Crippen LogP contribution in [0.15, 0.2) is 30.3 Å². The number of aliphatic carboxylic acids is 1. The number of ether oxygens (including phenoxy) is 1. The molecule has 1 aromatic rings. The third-order valence-corrected chi connectivity index (χ3v) is 1.78. The number of carbonyl (C=O) groups is 3. The van der Waals surface area contributed by atoms with E-state index in [4.69, 9.17) is 5.11 Å². The number of rotatable bonds is 4. The number of amides is 1. The molecule has 90 valence electrons. The topological polar surface area (TPSA) is 92.7 Å². The number of nitrogens with one attached hydrogen (secondary N) is 1. The number of carbonyl (C=O) groups excluding carboxylic acids is 2. The lowest BCUT2D eigenvalue weighted by atomic mass is 10.2. The minimum Gasteiger partial charge on any atom is -0.481 e. The monoisotopic (exact) mass is 237 g/mol. The third-order valence-electron chi connectivity index (χ3n) is 1.78. The van der Waals surface area contributed by atoms with Gasteiger partial charge in [0.25, 0.3) is 0 Å². The number of hydrogen-bond donors (Lipinski definition) is 2. The average Bonchev–Trinajstić information content (AvgIpc) is 2.26. The normalized spacial score (nSPS) is 9.41. The summed E-state index contributed by atoms with van der Waals surface area (Å²) >= 11 is 0. The van der Waals surface area contributed by atoms with Gasteiger partial charge >= 0.3 is 18.0 Å². The quantitative estimate of drug-likeness (QED) is 0.599. The fraction of sp³-hybridized carbons (Fsp3) is 0.182. The van der Waals surface area contributed by atoms with Crippen molar-refractivity contribution in [1.82, 2.24) is 5.32 Å². The van der Waals surface area contributed by atoms with Crippen LogP contribution in [0.2, 0.25) is 0 Å². The first-order valence-corrected chi connectivity index (χ1v) is 4.82. The molecule has 1 amide bonds. The lowest BCUT2D eigenvalue weighted by molar-refractivity contribution is -0.147. The minimum absolute atomic E-state index is 0.208. The van der Waals surface area contributed by atoms with E-state index in [0.717, 1.165) is 5.56 Å². The SMILES string of the molecule is O=C(O)CC(=O)OC(=O)NCc1ccccc1. The molecule has 1 aromatic carbocycles. The van der Waals surface area contributed by atoms with Crippen molar-refractivity contribution in [2.75, 3.05) is 0 Å². The van der Waals surface area contributed by atoms with Crippen molar-refractivity contribution in [1.29, 1.82) is 0 Å². The van der Waals surface area contributed by atoms with Crippen molar-refractivity contribution in [2.24, 2.45) is 0 Å². The second kappa shape index (κ2) is 6.26. The Hall–Kier alpha value is -2.37. The van der Waals surface area contributed by atoms with Gasteiger partial charge in [-0.3, -0.25) is 9.59 Å². The minimum atomic E-state index is -1.34. The Labute approximate surface area is 97.2 Å². The molecule has 0 fully saturated rings. The molecule has 17 heavy (non-hydrogen) atoms. The van der Waals surface area contributed by atoms with E-state index in [9.17, 15) is 14.4 Å². The van der Waals surface area contributed by atoms with E-state index in [1.165, 1.54) is 0 Å². The lowest BCUT2D eigenvalue weighted by Gasteiger charge is -2.04. The molecule has 0 heterocycles. The highest BCUT2D eigenvalue weighted by atomic mass is 16.6. The Morgan fingerprint density at radius 2 is 1.82 bits per heavy atom. The Balaban J connectivity index is 2.31. The van der Waals surface area contributed by atoms with E-state index in [-0.39, 0.29) is 6.54 Å². The van der Waals surface area contributed by atoms with Crippen LogP contribution >= 0.6 is 0 Å². The zero-order valence-electron chi connectivity index (χ0n) is 8.88. The standard InChI is InChI=1S/C11H11NO5/c13-9(14)6-10(15)17-11(16)12-7-8-4-2-1-3-5-8/h1-5H,6-7H2,(H,12,16)(H,13,14). The predicted molar refractivity (Wildman–Crippen MR) is 57.0 cm³/mol. The molecular weight excluding hydrogens is 226 g/mol. The molecule has 0 atom stereocenters. The first-order chi connectivity index (χ1) is 8.08. The van der Waals surface area contributed by atoms with Crippen molar-refractivity contribution in [3.8, 4) is 0 Å². The summed E-state index contributed by atoms with van der Waals surface area (Å²) in [5.41, 5.74) is 0.843. The molecule has 6 nitrogen and oxygen atoms in total.